The van der Waals surface area contributed by atoms with E-state index in [4.69, 9.17) is 4.74 Å². The summed E-state index contributed by atoms with van der Waals surface area (Å²) in [6.45, 7) is 5.07. The smallest absolute Gasteiger partial charge is 0.251 e. The predicted molar refractivity (Wildman–Crippen MR) is 73.2 cm³/mol. The van der Waals surface area contributed by atoms with Gasteiger partial charge in [0.2, 0.25) is 5.91 Å². The van der Waals surface area contributed by atoms with Crippen LogP contribution in [0.4, 0.5) is 0 Å². The van der Waals surface area contributed by atoms with Crippen molar-refractivity contribution >= 4 is 11.8 Å². The molecule has 2 N–H and O–H groups in total. The van der Waals surface area contributed by atoms with Gasteiger partial charge in [0.15, 0.2) is 0 Å². The normalized spacial score (nSPS) is 9.79. The van der Waals surface area contributed by atoms with Crippen molar-refractivity contribution in [2.75, 3.05) is 19.7 Å². The first-order chi connectivity index (χ1) is 9.17. The fourth-order valence-corrected chi connectivity index (χ4v) is 1.46. The first-order valence-corrected chi connectivity index (χ1v) is 6.45. The first kappa shape index (κ1) is 15.0. The molecule has 0 bridgehead atoms. The van der Waals surface area contributed by atoms with Crippen molar-refractivity contribution in [2.24, 2.45) is 0 Å². The third-order valence-electron chi connectivity index (χ3n) is 2.41. The second-order valence-electron chi connectivity index (χ2n) is 3.99. The third kappa shape index (κ3) is 5.42. The summed E-state index contributed by atoms with van der Waals surface area (Å²) in [5, 5.41) is 5.26. The van der Waals surface area contributed by atoms with Crippen LogP contribution in [0.3, 0.4) is 0 Å². The molecule has 0 unspecified atom stereocenters. The molecule has 0 spiro atoms. The lowest BCUT2D eigenvalue weighted by Gasteiger charge is -2.07. The van der Waals surface area contributed by atoms with Gasteiger partial charge in [-0.25, -0.2) is 0 Å². The van der Waals surface area contributed by atoms with E-state index >= 15 is 0 Å². The highest BCUT2D eigenvalue weighted by molar-refractivity contribution is 5.96. The minimum absolute atomic E-state index is 0.00789. The van der Waals surface area contributed by atoms with Gasteiger partial charge in [-0.3, -0.25) is 9.59 Å². The zero-order valence-electron chi connectivity index (χ0n) is 11.4. The molecule has 19 heavy (non-hydrogen) atoms. The zero-order valence-corrected chi connectivity index (χ0v) is 11.4. The Balaban J connectivity index is 2.42. The van der Waals surface area contributed by atoms with E-state index in [1.807, 2.05) is 13.8 Å². The largest absolute Gasteiger partial charge is 0.494 e. The summed E-state index contributed by atoms with van der Waals surface area (Å²) >= 11 is 0. The van der Waals surface area contributed by atoms with Crippen molar-refractivity contribution in [1.82, 2.24) is 10.6 Å². The quantitative estimate of drug-likeness (QED) is 0.781. The Morgan fingerprint density at radius 3 is 2.37 bits per heavy atom. The molecule has 0 aliphatic rings. The minimum Gasteiger partial charge on any atom is -0.494 e. The van der Waals surface area contributed by atoms with E-state index in [0.717, 1.165) is 12.2 Å². The molecule has 0 atom stereocenters. The van der Waals surface area contributed by atoms with Crippen LogP contribution in [0.15, 0.2) is 24.3 Å². The second kappa shape index (κ2) is 8.13. The highest BCUT2D eigenvalue weighted by Gasteiger charge is 2.07. The number of carbonyl (C=O) groups excluding carboxylic acids is 2. The molecular weight excluding hydrogens is 244 g/mol. The average Bonchev–Trinajstić information content (AvgIpc) is 2.43. The Morgan fingerprint density at radius 1 is 1.11 bits per heavy atom. The molecule has 5 nitrogen and oxygen atoms in total. The summed E-state index contributed by atoms with van der Waals surface area (Å²) in [4.78, 5) is 23.1. The lowest BCUT2D eigenvalue weighted by Crippen LogP contribution is -2.37. The van der Waals surface area contributed by atoms with Crippen LogP contribution in [0.2, 0.25) is 0 Å². The molecule has 0 saturated heterocycles. The number of nitrogens with one attached hydrogen (secondary N) is 2. The summed E-state index contributed by atoms with van der Waals surface area (Å²) in [5.41, 5.74) is 0.506. The van der Waals surface area contributed by atoms with Gasteiger partial charge >= 0.3 is 0 Å². The summed E-state index contributed by atoms with van der Waals surface area (Å²) in [6, 6.07) is 6.81. The van der Waals surface area contributed by atoms with E-state index in [2.05, 4.69) is 10.6 Å². The molecule has 0 aromatic heterocycles. The molecule has 0 radical (unpaired) electrons. The Bertz CT molecular complexity index is 415. The standard InChI is InChI=1S/C14H20N2O3/c1-3-9-15-13(17)10-16-14(18)11-5-7-12(8-6-11)19-4-2/h5-8H,3-4,9-10H2,1-2H3,(H,15,17)(H,16,18). The number of rotatable bonds is 7. The SMILES string of the molecule is CCCNC(=O)CNC(=O)c1ccc(OCC)cc1. The van der Waals surface area contributed by atoms with Crippen LogP contribution >= 0.6 is 0 Å². The van der Waals surface area contributed by atoms with Crippen molar-refractivity contribution in [3.63, 3.8) is 0 Å². The number of ether oxygens (including phenoxy) is 1. The molecule has 1 rings (SSSR count). The maximum absolute atomic E-state index is 11.8. The molecule has 104 valence electrons. The van der Waals surface area contributed by atoms with Crippen LogP contribution in [-0.2, 0) is 4.79 Å². The fourth-order valence-electron chi connectivity index (χ4n) is 1.46. The van der Waals surface area contributed by atoms with E-state index in [1.54, 1.807) is 24.3 Å². The number of carbonyl (C=O) groups is 2. The Labute approximate surface area is 113 Å². The fraction of sp³-hybridized carbons (Fsp3) is 0.429. The topological polar surface area (TPSA) is 67.4 Å². The van der Waals surface area contributed by atoms with Crippen LogP contribution in [0.5, 0.6) is 5.75 Å². The van der Waals surface area contributed by atoms with Gasteiger partial charge in [-0.1, -0.05) is 6.92 Å². The number of hydrogen-bond donors (Lipinski definition) is 2. The minimum atomic E-state index is -0.269. The predicted octanol–water partition coefficient (Wildman–Crippen LogP) is 1.34. The van der Waals surface area contributed by atoms with Crippen molar-refractivity contribution in [3.8, 4) is 5.75 Å². The van der Waals surface area contributed by atoms with Crippen LogP contribution in [0.25, 0.3) is 0 Å². The van der Waals surface area contributed by atoms with Crippen LogP contribution in [-0.4, -0.2) is 31.5 Å². The van der Waals surface area contributed by atoms with Crippen molar-refractivity contribution in [1.29, 1.82) is 0 Å². The average molecular weight is 264 g/mol. The Kier molecular flexibility index (Phi) is 6.43. The molecule has 0 aliphatic heterocycles. The lowest BCUT2D eigenvalue weighted by molar-refractivity contribution is -0.120. The Hall–Kier alpha value is -2.04. The number of benzene rings is 1. The lowest BCUT2D eigenvalue weighted by atomic mass is 10.2. The molecule has 0 fully saturated rings. The molecule has 0 heterocycles. The van der Waals surface area contributed by atoms with E-state index in [9.17, 15) is 9.59 Å². The van der Waals surface area contributed by atoms with Gasteiger partial charge in [-0.2, -0.15) is 0 Å². The Morgan fingerprint density at radius 2 is 1.79 bits per heavy atom. The van der Waals surface area contributed by atoms with Crippen molar-refractivity contribution < 1.29 is 14.3 Å². The number of amides is 2. The maximum atomic E-state index is 11.8. The molecule has 1 aromatic carbocycles. The highest BCUT2D eigenvalue weighted by atomic mass is 16.5. The summed E-state index contributed by atoms with van der Waals surface area (Å²) in [7, 11) is 0. The van der Waals surface area contributed by atoms with E-state index in [1.165, 1.54) is 0 Å². The third-order valence-corrected chi connectivity index (χ3v) is 2.41. The van der Waals surface area contributed by atoms with Crippen molar-refractivity contribution in [2.45, 2.75) is 20.3 Å². The van der Waals surface area contributed by atoms with Crippen LogP contribution < -0.4 is 15.4 Å². The highest BCUT2D eigenvalue weighted by Crippen LogP contribution is 2.11. The zero-order chi connectivity index (χ0) is 14.1. The summed E-state index contributed by atoms with van der Waals surface area (Å²) in [5.74, 6) is 0.274. The van der Waals surface area contributed by atoms with E-state index < -0.39 is 0 Å². The van der Waals surface area contributed by atoms with Crippen molar-refractivity contribution in [3.05, 3.63) is 29.8 Å². The van der Waals surface area contributed by atoms with Gasteiger partial charge in [-0.15, -0.1) is 0 Å². The molecule has 5 heteroatoms. The van der Waals surface area contributed by atoms with Gasteiger partial charge < -0.3 is 15.4 Å². The van der Waals surface area contributed by atoms with E-state index in [-0.39, 0.29) is 18.4 Å². The van der Waals surface area contributed by atoms with Gasteiger partial charge in [0, 0.05) is 12.1 Å². The van der Waals surface area contributed by atoms with Gasteiger partial charge in [0.25, 0.3) is 5.91 Å². The summed E-state index contributed by atoms with van der Waals surface area (Å²) < 4.78 is 5.29. The molecule has 1 aromatic rings. The van der Waals surface area contributed by atoms with Gasteiger partial charge in [0.1, 0.15) is 5.75 Å². The monoisotopic (exact) mass is 264 g/mol. The second-order valence-corrected chi connectivity index (χ2v) is 3.99. The molecule has 2 amide bonds. The molecule has 0 saturated carbocycles. The number of hydrogen-bond acceptors (Lipinski definition) is 3. The van der Waals surface area contributed by atoms with Gasteiger partial charge in [0.05, 0.1) is 13.2 Å². The van der Waals surface area contributed by atoms with E-state index in [0.29, 0.717) is 18.7 Å². The van der Waals surface area contributed by atoms with Gasteiger partial charge in [-0.05, 0) is 37.6 Å². The first-order valence-electron chi connectivity index (χ1n) is 6.45. The summed E-state index contributed by atoms with van der Waals surface area (Å²) in [6.07, 6.45) is 0.874. The maximum Gasteiger partial charge on any atom is 0.251 e. The van der Waals surface area contributed by atoms with Crippen LogP contribution in [0.1, 0.15) is 30.6 Å². The van der Waals surface area contributed by atoms with Crippen LogP contribution in [0, 0.1) is 0 Å². The molecule has 0 aliphatic carbocycles. The molecular formula is C14H20N2O3.